The van der Waals surface area contributed by atoms with Gasteiger partial charge in [0.25, 0.3) is 5.91 Å². The van der Waals surface area contributed by atoms with Gasteiger partial charge < -0.3 is 10.2 Å². The minimum absolute atomic E-state index is 0.0989. The second-order valence-electron chi connectivity index (χ2n) is 8.45. The number of hydrogen-bond acceptors (Lipinski definition) is 4. The van der Waals surface area contributed by atoms with Crippen molar-refractivity contribution in [1.29, 1.82) is 0 Å². The second kappa shape index (κ2) is 8.16. The molecule has 4 aromatic rings. The van der Waals surface area contributed by atoms with E-state index in [4.69, 9.17) is 0 Å². The van der Waals surface area contributed by atoms with E-state index in [0.717, 1.165) is 27.9 Å². The molecule has 1 aliphatic rings. The van der Waals surface area contributed by atoms with E-state index >= 15 is 0 Å². The number of aromatic amines is 1. The summed E-state index contributed by atoms with van der Waals surface area (Å²) in [6.45, 7) is 3.29. The Kier molecular flexibility index (Phi) is 5.19. The van der Waals surface area contributed by atoms with Crippen LogP contribution in [0.3, 0.4) is 0 Å². The highest BCUT2D eigenvalue weighted by Gasteiger charge is 2.34. The highest BCUT2D eigenvalue weighted by atomic mass is 19.1. The van der Waals surface area contributed by atoms with Gasteiger partial charge in [0.2, 0.25) is 0 Å². The Morgan fingerprint density at radius 1 is 1.16 bits per heavy atom. The van der Waals surface area contributed by atoms with E-state index < -0.39 is 0 Å². The van der Waals surface area contributed by atoms with Crippen molar-refractivity contribution in [2.45, 2.75) is 18.9 Å². The van der Waals surface area contributed by atoms with Crippen LogP contribution in [0.4, 0.5) is 4.39 Å². The number of aromatic nitrogens is 3. The number of fused-ring (bicyclic) bond motifs is 1. The first kappa shape index (κ1) is 20.3. The van der Waals surface area contributed by atoms with Gasteiger partial charge in [0, 0.05) is 53.5 Å². The van der Waals surface area contributed by atoms with Gasteiger partial charge in [-0.2, -0.15) is 5.10 Å². The van der Waals surface area contributed by atoms with Gasteiger partial charge in [0.05, 0.1) is 5.52 Å². The molecule has 1 amide bonds. The highest BCUT2D eigenvalue weighted by molar-refractivity contribution is 6.01. The van der Waals surface area contributed by atoms with E-state index in [0.29, 0.717) is 24.2 Å². The van der Waals surface area contributed by atoms with Crippen molar-refractivity contribution in [2.75, 3.05) is 20.1 Å². The quantitative estimate of drug-likeness (QED) is 0.516. The van der Waals surface area contributed by atoms with Crippen LogP contribution in [0.15, 0.2) is 60.8 Å². The summed E-state index contributed by atoms with van der Waals surface area (Å²) in [5, 5.41) is 11.5. The largest absolute Gasteiger partial charge is 0.347 e. The number of pyridine rings is 1. The molecule has 162 valence electrons. The smallest absolute Gasteiger partial charge is 0.251 e. The summed E-state index contributed by atoms with van der Waals surface area (Å²) in [7, 11) is 1.99. The van der Waals surface area contributed by atoms with Crippen LogP contribution in [0.2, 0.25) is 0 Å². The minimum Gasteiger partial charge on any atom is -0.347 e. The molecular weight excluding hydrogens is 405 g/mol. The number of likely N-dealkylation sites (N-methyl/N-ethyl adjacent to an activating group) is 1. The molecule has 2 aromatic carbocycles. The van der Waals surface area contributed by atoms with Crippen molar-refractivity contribution in [2.24, 2.45) is 0 Å². The summed E-state index contributed by atoms with van der Waals surface area (Å²) in [5.74, 6) is -0.506. The van der Waals surface area contributed by atoms with Gasteiger partial charge in [-0.3, -0.25) is 14.9 Å². The highest BCUT2D eigenvalue weighted by Crippen LogP contribution is 2.30. The zero-order chi connectivity index (χ0) is 22.2. The molecule has 2 atom stereocenters. The Hall–Kier alpha value is -3.58. The normalized spacial score (nSPS) is 18.8. The lowest BCUT2D eigenvalue weighted by atomic mass is 9.93. The molecule has 5 rings (SSSR count). The molecule has 1 saturated heterocycles. The van der Waals surface area contributed by atoms with Crippen LogP contribution in [-0.4, -0.2) is 52.2 Å². The second-order valence-corrected chi connectivity index (χ2v) is 8.45. The van der Waals surface area contributed by atoms with Crippen LogP contribution in [0, 0.1) is 12.7 Å². The summed E-state index contributed by atoms with van der Waals surface area (Å²) in [5.41, 5.74) is 4.67. The third kappa shape index (κ3) is 3.76. The van der Waals surface area contributed by atoms with Crippen LogP contribution < -0.4 is 5.32 Å². The predicted octanol–water partition coefficient (Wildman–Crippen LogP) is 3.90. The van der Waals surface area contributed by atoms with E-state index in [-0.39, 0.29) is 23.7 Å². The number of nitrogens with zero attached hydrogens (tertiary/aromatic N) is 3. The molecule has 0 saturated carbocycles. The Bertz CT molecular complexity index is 1300. The predicted molar refractivity (Wildman–Crippen MR) is 122 cm³/mol. The Balaban J connectivity index is 1.43. The number of benzene rings is 2. The monoisotopic (exact) mass is 429 g/mol. The fraction of sp³-hybridized carbons (Fsp3) is 0.240. The van der Waals surface area contributed by atoms with Gasteiger partial charge in [-0.1, -0.05) is 18.2 Å². The Morgan fingerprint density at radius 2 is 2.00 bits per heavy atom. The van der Waals surface area contributed by atoms with Crippen molar-refractivity contribution in [3.63, 3.8) is 0 Å². The molecule has 3 heterocycles. The van der Waals surface area contributed by atoms with Crippen molar-refractivity contribution >= 4 is 16.8 Å². The van der Waals surface area contributed by atoms with Crippen molar-refractivity contribution < 1.29 is 9.18 Å². The number of halogens is 1. The third-order valence-corrected chi connectivity index (χ3v) is 6.12. The van der Waals surface area contributed by atoms with Gasteiger partial charge in [-0.05, 0) is 55.9 Å². The van der Waals surface area contributed by atoms with Crippen molar-refractivity contribution in [1.82, 2.24) is 25.4 Å². The molecule has 0 spiro atoms. The summed E-state index contributed by atoms with van der Waals surface area (Å²) in [4.78, 5) is 19.5. The van der Waals surface area contributed by atoms with Crippen molar-refractivity contribution in [3.05, 3.63) is 83.4 Å². The summed E-state index contributed by atoms with van der Waals surface area (Å²) < 4.78 is 14.4. The SMILES string of the molecule is Cc1cc(-c2n[nH]c3ccc(C(=O)N[C@H]4CN(C)C[C@@H]4c4ccccc4F)cc23)ccn1. The number of hydrogen-bond donors (Lipinski definition) is 2. The van der Waals surface area contributed by atoms with E-state index in [2.05, 4.69) is 25.4 Å². The Morgan fingerprint density at radius 3 is 2.81 bits per heavy atom. The molecule has 1 fully saturated rings. The molecule has 32 heavy (non-hydrogen) atoms. The summed E-state index contributed by atoms with van der Waals surface area (Å²) in [6.07, 6.45) is 1.75. The molecule has 0 unspecified atom stereocenters. The Labute approximate surface area is 185 Å². The maximum absolute atomic E-state index is 14.4. The number of amides is 1. The molecule has 7 heteroatoms. The van der Waals surface area contributed by atoms with Gasteiger partial charge in [-0.25, -0.2) is 4.39 Å². The number of aryl methyl sites for hydroxylation is 1. The summed E-state index contributed by atoms with van der Waals surface area (Å²) in [6, 6.07) is 16.0. The van der Waals surface area contributed by atoms with Crippen LogP contribution in [0.5, 0.6) is 0 Å². The van der Waals surface area contributed by atoms with E-state index in [1.165, 1.54) is 6.07 Å². The van der Waals surface area contributed by atoms with Gasteiger partial charge in [-0.15, -0.1) is 0 Å². The average molecular weight is 429 g/mol. The van der Waals surface area contributed by atoms with E-state index in [9.17, 15) is 9.18 Å². The first-order valence-electron chi connectivity index (χ1n) is 10.6. The first-order chi connectivity index (χ1) is 15.5. The standard InChI is InChI=1S/C25H24FN5O/c1-15-11-16(9-10-27-15)24-19-12-17(7-8-22(19)29-30-24)25(32)28-23-14-31(2)13-20(23)18-5-3-4-6-21(18)26/h3-12,20,23H,13-14H2,1-2H3,(H,28,32)(H,29,30)/t20-,23+/m1/s1. The first-order valence-corrected chi connectivity index (χ1v) is 10.6. The number of nitrogens with one attached hydrogen (secondary N) is 2. The third-order valence-electron chi connectivity index (χ3n) is 6.12. The lowest BCUT2D eigenvalue weighted by Gasteiger charge is -2.21. The average Bonchev–Trinajstić information content (AvgIpc) is 3.36. The summed E-state index contributed by atoms with van der Waals surface area (Å²) >= 11 is 0. The molecule has 0 aliphatic carbocycles. The van der Waals surface area contributed by atoms with Gasteiger partial charge in [0.15, 0.2) is 0 Å². The number of carbonyl (C=O) groups excluding carboxylic acids is 1. The molecular formula is C25H24FN5O. The molecule has 2 N–H and O–H groups in total. The van der Waals surface area contributed by atoms with E-state index in [1.807, 2.05) is 44.3 Å². The zero-order valence-corrected chi connectivity index (χ0v) is 18.0. The van der Waals surface area contributed by atoms with Crippen LogP contribution >= 0.6 is 0 Å². The maximum Gasteiger partial charge on any atom is 0.251 e. The topological polar surface area (TPSA) is 73.9 Å². The minimum atomic E-state index is -0.232. The lowest BCUT2D eigenvalue weighted by molar-refractivity contribution is 0.0935. The van der Waals surface area contributed by atoms with Crippen molar-refractivity contribution in [3.8, 4) is 11.3 Å². The lowest BCUT2D eigenvalue weighted by Crippen LogP contribution is -2.39. The number of likely N-dealkylation sites (tertiary alicyclic amines) is 1. The molecule has 6 nitrogen and oxygen atoms in total. The maximum atomic E-state index is 14.4. The number of rotatable bonds is 4. The fourth-order valence-electron chi connectivity index (χ4n) is 4.56. The zero-order valence-electron chi connectivity index (χ0n) is 18.0. The number of carbonyl (C=O) groups is 1. The molecule has 0 radical (unpaired) electrons. The van der Waals surface area contributed by atoms with Crippen LogP contribution in [0.25, 0.3) is 22.2 Å². The van der Waals surface area contributed by atoms with E-state index in [1.54, 1.807) is 24.4 Å². The van der Waals surface area contributed by atoms with Gasteiger partial charge >= 0.3 is 0 Å². The number of H-pyrrole nitrogens is 1. The van der Waals surface area contributed by atoms with Crippen LogP contribution in [-0.2, 0) is 0 Å². The fourth-order valence-corrected chi connectivity index (χ4v) is 4.56. The molecule has 0 bridgehead atoms. The van der Waals surface area contributed by atoms with Gasteiger partial charge in [0.1, 0.15) is 11.5 Å². The van der Waals surface area contributed by atoms with Crippen LogP contribution in [0.1, 0.15) is 27.5 Å². The molecule has 2 aromatic heterocycles. The molecule has 1 aliphatic heterocycles.